The van der Waals surface area contributed by atoms with Gasteiger partial charge in [0.1, 0.15) is 18.0 Å². The number of rotatable bonds is 9. The number of halogens is 4. The zero-order chi connectivity index (χ0) is 28.4. The smallest absolute Gasteiger partial charge is 0.469 e. The van der Waals surface area contributed by atoms with Crippen LogP contribution >= 0.6 is 7.82 Å². The molecule has 0 aliphatic heterocycles. The largest absolute Gasteiger partial charge is 0.485 e. The quantitative estimate of drug-likeness (QED) is 0.150. The number of phosphoric acid groups is 1. The number of hydrogen-bond acceptors (Lipinski definition) is 5. The molecule has 3 aromatic carbocycles. The molecule has 0 spiro atoms. The molecule has 0 aliphatic carbocycles. The standard InChI is InChI=1S/C26H24F4N3O5P/c1-25(31,15-38-39(34,35)36)24-32-13-22(33-24)19-11-20(26(28,29)30)23(21(27)12-19)37-14-16-7-9-18(10-8-16)17-5-3-2-4-6-17/h2-13H,14-15,31H2,1H3,(H,32,33)(H2,34,35,36)/t25-/m0/s1. The second-order valence-electron chi connectivity index (χ2n) is 9.01. The summed E-state index contributed by atoms with van der Waals surface area (Å²) in [5, 5.41) is 0. The maximum absolute atomic E-state index is 15.0. The summed E-state index contributed by atoms with van der Waals surface area (Å²) in [4.78, 5) is 24.4. The summed E-state index contributed by atoms with van der Waals surface area (Å²) in [5.74, 6) is -2.23. The molecule has 1 aromatic heterocycles. The lowest BCUT2D eigenvalue weighted by molar-refractivity contribution is -0.139. The van der Waals surface area contributed by atoms with Crippen molar-refractivity contribution in [3.8, 4) is 28.1 Å². The Kier molecular flexibility index (Phi) is 7.97. The number of imidazole rings is 1. The van der Waals surface area contributed by atoms with Crippen LogP contribution in [0.15, 0.2) is 72.9 Å². The van der Waals surface area contributed by atoms with Crippen molar-refractivity contribution in [3.05, 3.63) is 95.7 Å². The Morgan fingerprint density at radius 1 is 1.00 bits per heavy atom. The molecule has 39 heavy (non-hydrogen) atoms. The lowest BCUT2D eigenvalue weighted by atomic mass is 10.0. The van der Waals surface area contributed by atoms with E-state index in [0.29, 0.717) is 11.6 Å². The van der Waals surface area contributed by atoms with Crippen molar-refractivity contribution in [1.82, 2.24) is 9.97 Å². The van der Waals surface area contributed by atoms with E-state index in [-0.39, 0.29) is 23.7 Å². The Morgan fingerprint density at radius 2 is 1.64 bits per heavy atom. The summed E-state index contributed by atoms with van der Waals surface area (Å²) in [5.41, 5.74) is 5.35. The third kappa shape index (κ3) is 7.11. The summed E-state index contributed by atoms with van der Waals surface area (Å²) < 4.78 is 77.5. The SMILES string of the molecule is C[C@](N)(COP(=O)(O)O)c1ncc(-c2cc(F)c(OCc3ccc(-c4ccccc4)cc3)c(C(F)(F)F)c2)[nH]1. The molecule has 4 rings (SSSR count). The summed E-state index contributed by atoms with van der Waals surface area (Å²) in [6.07, 6.45) is -3.81. The molecule has 0 saturated heterocycles. The zero-order valence-corrected chi connectivity index (χ0v) is 21.3. The van der Waals surface area contributed by atoms with Gasteiger partial charge in [0.15, 0.2) is 11.6 Å². The number of alkyl halides is 3. The first-order chi connectivity index (χ1) is 18.2. The van der Waals surface area contributed by atoms with Crippen LogP contribution in [0.4, 0.5) is 17.6 Å². The molecule has 0 saturated carbocycles. The van der Waals surface area contributed by atoms with Crippen molar-refractivity contribution in [3.63, 3.8) is 0 Å². The van der Waals surface area contributed by atoms with Crippen LogP contribution in [-0.2, 0) is 27.4 Å². The number of hydrogen-bond donors (Lipinski definition) is 4. The highest BCUT2D eigenvalue weighted by molar-refractivity contribution is 7.46. The Balaban J connectivity index is 1.56. The first-order valence-electron chi connectivity index (χ1n) is 11.5. The Labute approximate surface area is 220 Å². The van der Waals surface area contributed by atoms with E-state index in [0.717, 1.165) is 23.4 Å². The summed E-state index contributed by atoms with van der Waals surface area (Å²) >= 11 is 0. The predicted molar refractivity (Wildman–Crippen MR) is 135 cm³/mol. The van der Waals surface area contributed by atoms with Gasteiger partial charge in [0.05, 0.1) is 24.0 Å². The first kappa shape index (κ1) is 28.5. The highest BCUT2D eigenvalue weighted by atomic mass is 31.2. The van der Waals surface area contributed by atoms with Gasteiger partial charge in [-0.3, -0.25) is 4.52 Å². The number of nitrogens with one attached hydrogen (secondary N) is 1. The molecular weight excluding hydrogens is 541 g/mol. The number of nitrogens with zero attached hydrogens (tertiary/aromatic N) is 1. The first-order valence-corrected chi connectivity index (χ1v) is 13.0. The summed E-state index contributed by atoms with van der Waals surface area (Å²) in [7, 11) is -4.83. The molecule has 13 heteroatoms. The number of nitrogens with two attached hydrogens (primary N) is 1. The van der Waals surface area contributed by atoms with Crippen LogP contribution in [0.5, 0.6) is 5.75 Å². The molecule has 0 radical (unpaired) electrons. The number of phosphoric ester groups is 1. The van der Waals surface area contributed by atoms with E-state index in [1.165, 1.54) is 6.92 Å². The zero-order valence-electron chi connectivity index (χ0n) is 20.4. The van der Waals surface area contributed by atoms with Gasteiger partial charge >= 0.3 is 14.0 Å². The van der Waals surface area contributed by atoms with Gasteiger partial charge in [-0.25, -0.2) is 13.9 Å². The molecule has 0 unspecified atom stereocenters. The van der Waals surface area contributed by atoms with Crippen LogP contribution in [0, 0.1) is 5.82 Å². The fraction of sp³-hybridized carbons (Fsp3) is 0.192. The van der Waals surface area contributed by atoms with Crippen LogP contribution in [0.3, 0.4) is 0 Å². The summed E-state index contributed by atoms with van der Waals surface area (Å²) in [6.45, 7) is 0.398. The number of benzene rings is 3. The molecule has 8 nitrogen and oxygen atoms in total. The van der Waals surface area contributed by atoms with Gasteiger partial charge in [0, 0.05) is 5.56 Å². The van der Waals surface area contributed by atoms with Crippen LogP contribution in [0.25, 0.3) is 22.4 Å². The van der Waals surface area contributed by atoms with E-state index in [9.17, 15) is 17.7 Å². The molecule has 5 N–H and O–H groups in total. The van der Waals surface area contributed by atoms with Gasteiger partial charge in [0.25, 0.3) is 0 Å². The van der Waals surface area contributed by atoms with Crippen LogP contribution in [-0.4, -0.2) is 26.4 Å². The van der Waals surface area contributed by atoms with E-state index in [4.69, 9.17) is 20.3 Å². The Hall–Kier alpha value is -3.54. The van der Waals surface area contributed by atoms with E-state index >= 15 is 4.39 Å². The van der Waals surface area contributed by atoms with Crippen LogP contribution < -0.4 is 10.5 Å². The fourth-order valence-corrected chi connectivity index (χ4v) is 4.17. The molecule has 0 aliphatic rings. The van der Waals surface area contributed by atoms with Gasteiger partial charge in [-0.05, 0) is 35.7 Å². The van der Waals surface area contributed by atoms with Crippen LogP contribution in [0.2, 0.25) is 0 Å². The highest BCUT2D eigenvalue weighted by Gasteiger charge is 2.37. The second-order valence-corrected chi connectivity index (χ2v) is 10.3. The predicted octanol–water partition coefficient (Wildman–Crippen LogP) is 5.76. The third-order valence-electron chi connectivity index (χ3n) is 5.75. The number of ether oxygens (including phenoxy) is 1. The van der Waals surface area contributed by atoms with Crippen molar-refractivity contribution >= 4 is 7.82 Å². The molecule has 4 aromatic rings. The third-order valence-corrected chi connectivity index (χ3v) is 6.22. The molecular formula is C26H24F4N3O5P. The van der Waals surface area contributed by atoms with Crippen molar-refractivity contribution in [1.29, 1.82) is 0 Å². The maximum atomic E-state index is 15.0. The van der Waals surface area contributed by atoms with E-state index < -0.39 is 43.3 Å². The van der Waals surface area contributed by atoms with Crippen LogP contribution in [0.1, 0.15) is 23.9 Å². The van der Waals surface area contributed by atoms with Crippen molar-refractivity contribution in [2.24, 2.45) is 5.73 Å². The number of H-pyrrole nitrogens is 1. The molecule has 1 heterocycles. The summed E-state index contributed by atoms with van der Waals surface area (Å²) in [6, 6.07) is 18.0. The lowest BCUT2D eigenvalue weighted by Gasteiger charge is -2.22. The van der Waals surface area contributed by atoms with E-state index in [2.05, 4.69) is 14.5 Å². The molecule has 0 fully saturated rings. The lowest BCUT2D eigenvalue weighted by Crippen LogP contribution is -2.39. The number of aromatic amines is 1. The van der Waals surface area contributed by atoms with Gasteiger partial charge in [-0.15, -0.1) is 0 Å². The molecule has 1 atom stereocenters. The van der Waals surface area contributed by atoms with Gasteiger partial charge in [-0.1, -0.05) is 54.6 Å². The van der Waals surface area contributed by atoms with Crippen molar-refractivity contribution in [2.75, 3.05) is 6.61 Å². The monoisotopic (exact) mass is 565 g/mol. The van der Waals surface area contributed by atoms with Crippen molar-refractivity contribution < 1.29 is 41.2 Å². The van der Waals surface area contributed by atoms with Gasteiger partial charge < -0.3 is 25.2 Å². The minimum atomic E-state index is -4.94. The van der Waals surface area contributed by atoms with Crippen molar-refractivity contribution in [2.45, 2.75) is 25.2 Å². The fourth-order valence-electron chi connectivity index (χ4n) is 3.73. The Morgan fingerprint density at radius 3 is 2.26 bits per heavy atom. The topological polar surface area (TPSA) is 131 Å². The van der Waals surface area contributed by atoms with Gasteiger partial charge in [-0.2, -0.15) is 13.2 Å². The average Bonchev–Trinajstić information content (AvgIpc) is 3.38. The molecule has 0 bridgehead atoms. The van der Waals surface area contributed by atoms with E-state index in [1.54, 1.807) is 24.3 Å². The Bertz CT molecular complexity index is 1490. The average molecular weight is 565 g/mol. The van der Waals surface area contributed by atoms with E-state index in [1.807, 2.05) is 30.3 Å². The maximum Gasteiger partial charge on any atom is 0.469 e. The molecule has 0 amide bonds. The minimum absolute atomic E-state index is 0.00898. The van der Waals surface area contributed by atoms with Gasteiger partial charge in [0.2, 0.25) is 0 Å². The highest BCUT2D eigenvalue weighted by Crippen LogP contribution is 2.41. The number of aromatic nitrogens is 2. The second kappa shape index (κ2) is 10.9. The normalized spacial score (nSPS) is 13.7. The minimum Gasteiger partial charge on any atom is -0.485 e. The molecule has 206 valence electrons.